The van der Waals surface area contributed by atoms with Gasteiger partial charge in [0.05, 0.1) is 6.61 Å². The molecule has 0 saturated heterocycles. The van der Waals surface area contributed by atoms with E-state index in [1.807, 2.05) is 13.8 Å². The van der Waals surface area contributed by atoms with E-state index in [0.29, 0.717) is 12.6 Å². The van der Waals surface area contributed by atoms with Gasteiger partial charge in [-0.15, -0.1) is 0 Å². The molecule has 0 heterocycles. The second-order valence-electron chi connectivity index (χ2n) is 5.91. The summed E-state index contributed by atoms with van der Waals surface area (Å²) >= 11 is 0. The van der Waals surface area contributed by atoms with Crippen molar-refractivity contribution >= 4 is 5.97 Å². The molecular weight excluding hydrogens is 226 g/mol. The van der Waals surface area contributed by atoms with E-state index in [2.05, 4.69) is 19.2 Å². The fraction of sp³-hybridized carbons (Fsp3) is 0.933. The van der Waals surface area contributed by atoms with Crippen LogP contribution in [0.25, 0.3) is 0 Å². The minimum absolute atomic E-state index is 0.107. The molecule has 0 bridgehead atoms. The van der Waals surface area contributed by atoms with Crippen molar-refractivity contribution in [1.29, 1.82) is 0 Å². The Hall–Kier alpha value is -0.570. The molecule has 0 spiro atoms. The molecule has 0 aliphatic heterocycles. The zero-order valence-electron chi connectivity index (χ0n) is 12.4. The number of ether oxygens (including phenoxy) is 1. The van der Waals surface area contributed by atoms with Gasteiger partial charge in [0.2, 0.25) is 0 Å². The molecule has 3 nitrogen and oxygen atoms in total. The van der Waals surface area contributed by atoms with Gasteiger partial charge in [-0.1, -0.05) is 39.5 Å². The van der Waals surface area contributed by atoms with Crippen LogP contribution < -0.4 is 5.32 Å². The molecular formula is C15H29NO2. The van der Waals surface area contributed by atoms with Crippen LogP contribution in [0.4, 0.5) is 0 Å². The number of nitrogens with one attached hydrogen (secondary N) is 1. The highest BCUT2D eigenvalue weighted by atomic mass is 16.5. The molecule has 1 saturated carbocycles. The van der Waals surface area contributed by atoms with Crippen LogP contribution in [0.5, 0.6) is 0 Å². The number of rotatable bonds is 5. The second kappa shape index (κ2) is 7.13. The summed E-state index contributed by atoms with van der Waals surface area (Å²) in [5, 5.41) is 3.58. The summed E-state index contributed by atoms with van der Waals surface area (Å²) < 4.78 is 5.24. The minimum Gasteiger partial charge on any atom is -0.465 e. The van der Waals surface area contributed by atoms with E-state index in [0.717, 1.165) is 0 Å². The van der Waals surface area contributed by atoms with E-state index >= 15 is 0 Å². The van der Waals surface area contributed by atoms with E-state index in [-0.39, 0.29) is 11.9 Å². The molecule has 0 aromatic heterocycles. The standard InChI is InChI=1S/C15H29NO2/c1-5-18-14(17)15(4,12(2)3)16-13-10-8-6-7-9-11-13/h12-13,16H,5-11H2,1-4H3. The van der Waals surface area contributed by atoms with Crippen LogP contribution in [-0.4, -0.2) is 24.2 Å². The van der Waals surface area contributed by atoms with Crippen LogP contribution in [0.2, 0.25) is 0 Å². The summed E-state index contributed by atoms with van der Waals surface area (Å²) in [6.07, 6.45) is 7.57. The topological polar surface area (TPSA) is 38.3 Å². The number of carbonyl (C=O) groups excluding carboxylic acids is 1. The highest BCUT2D eigenvalue weighted by Gasteiger charge is 2.39. The van der Waals surface area contributed by atoms with Crippen molar-refractivity contribution in [2.24, 2.45) is 5.92 Å². The third kappa shape index (κ3) is 3.98. The smallest absolute Gasteiger partial charge is 0.326 e. The van der Waals surface area contributed by atoms with Crippen LogP contribution in [0, 0.1) is 5.92 Å². The molecule has 1 fully saturated rings. The van der Waals surface area contributed by atoms with Gasteiger partial charge in [-0.2, -0.15) is 0 Å². The quantitative estimate of drug-likeness (QED) is 0.605. The molecule has 1 N–H and O–H groups in total. The van der Waals surface area contributed by atoms with Crippen molar-refractivity contribution in [1.82, 2.24) is 5.32 Å². The maximum Gasteiger partial charge on any atom is 0.326 e. The fourth-order valence-corrected chi connectivity index (χ4v) is 2.59. The summed E-state index contributed by atoms with van der Waals surface area (Å²) in [6, 6.07) is 0.462. The number of hydrogen-bond acceptors (Lipinski definition) is 3. The molecule has 0 amide bonds. The van der Waals surface area contributed by atoms with Crippen molar-refractivity contribution in [3.05, 3.63) is 0 Å². The summed E-state index contributed by atoms with van der Waals surface area (Å²) in [4.78, 5) is 12.2. The molecule has 106 valence electrons. The van der Waals surface area contributed by atoms with Gasteiger partial charge in [0.15, 0.2) is 0 Å². The normalized spacial score (nSPS) is 21.4. The van der Waals surface area contributed by atoms with Gasteiger partial charge in [-0.05, 0) is 32.6 Å². The lowest BCUT2D eigenvalue weighted by molar-refractivity contribution is -0.153. The largest absolute Gasteiger partial charge is 0.465 e. The Bertz CT molecular complexity index is 257. The number of esters is 1. The maximum absolute atomic E-state index is 12.2. The Labute approximate surface area is 112 Å². The molecule has 1 aliphatic rings. The Balaban J connectivity index is 2.68. The minimum atomic E-state index is -0.551. The molecule has 1 aliphatic carbocycles. The van der Waals surface area contributed by atoms with Crippen LogP contribution in [0.15, 0.2) is 0 Å². The number of hydrogen-bond donors (Lipinski definition) is 1. The lowest BCUT2D eigenvalue weighted by Gasteiger charge is -2.36. The highest BCUT2D eigenvalue weighted by Crippen LogP contribution is 2.24. The lowest BCUT2D eigenvalue weighted by Crippen LogP contribution is -2.57. The molecule has 18 heavy (non-hydrogen) atoms. The van der Waals surface area contributed by atoms with Crippen LogP contribution in [0.3, 0.4) is 0 Å². The predicted octanol–water partition coefficient (Wildman–Crippen LogP) is 3.28. The van der Waals surface area contributed by atoms with Crippen LogP contribution >= 0.6 is 0 Å². The van der Waals surface area contributed by atoms with E-state index in [4.69, 9.17) is 4.74 Å². The van der Waals surface area contributed by atoms with Gasteiger partial charge in [0.1, 0.15) is 5.54 Å². The third-order valence-electron chi connectivity index (χ3n) is 4.21. The molecule has 1 atom stereocenters. The average molecular weight is 255 g/mol. The van der Waals surface area contributed by atoms with Gasteiger partial charge < -0.3 is 4.74 Å². The fourth-order valence-electron chi connectivity index (χ4n) is 2.59. The molecule has 1 rings (SSSR count). The Kier molecular flexibility index (Phi) is 6.13. The first-order valence-corrected chi connectivity index (χ1v) is 7.45. The number of carbonyl (C=O) groups is 1. The van der Waals surface area contributed by atoms with E-state index < -0.39 is 5.54 Å². The lowest BCUT2D eigenvalue weighted by atomic mass is 9.86. The first kappa shape index (κ1) is 15.5. The monoisotopic (exact) mass is 255 g/mol. The van der Waals surface area contributed by atoms with Crippen molar-refractivity contribution < 1.29 is 9.53 Å². The Morgan fingerprint density at radius 2 is 1.83 bits per heavy atom. The summed E-state index contributed by atoms with van der Waals surface area (Å²) in [7, 11) is 0. The zero-order valence-corrected chi connectivity index (χ0v) is 12.4. The maximum atomic E-state index is 12.2. The Morgan fingerprint density at radius 3 is 2.28 bits per heavy atom. The van der Waals surface area contributed by atoms with Crippen molar-refractivity contribution in [2.75, 3.05) is 6.61 Å². The molecule has 0 aromatic rings. The van der Waals surface area contributed by atoms with Gasteiger partial charge >= 0.3 is 5.97 Å². The SMILES string of the molecule is CCOC(=O)C(C)(NC1CCCCCC1)C(C)C. The molecule has 0 radical (unpaired) electrons. The highest BCUT2D eigenvalue weighted by molar-refractivity contribution is 5.80. The molecule has 1 unspecified atom stereocenters. The summed E-state index contributed by atoms with van der Waals surface area (Å²) in [6.45, 7) is 8.47. The van der Waals surface area contributed by atoms with Crippen LogP contribution in [0.1, 0.15) is 66.2 Å². The van der Waals surface area contributed by atoms with Crippen molar-refractivity contribution in [3.8, 4) is 0 Å². The first-order chi connectivity index (χ1) is 8.50. The molecule has 0 aromatic carbocycles. The average Bonchev–Trinajstić information content (AvgIpc) is 2.57. The molecule has 3 heteroatoms. The van der Waals surface area contributed by atoms with Gasteiger partial charge in [0.25, 0.3) is 0 Å². The third-order valence-corrected chi connectivity index (χ3v) is 4.21. The van der Waals surface area contributed by atoms with Crippen LogP contribution in [-0.2, 0) is 9.53 Å². The Morgan fingerprint density at radius 1 is 1.28 bits per heavy atom. The summed E-state index contributed by atoms with van der Waals surface area (Å²) in [5.74, 6) is 0.129. The predicted molar refractivity (Wildman–Crippen MR) is 74.5 cm³/mol. The second-order valence-corrected chi connectivity index (χ2v) is 5.91. The van der Waals surface area contributed by atoms with E-state index in [1.54, 1.807) is 0 Å². The van der Waals surface area contributed by atoms with Crippen molar-refractivity contribution in [3.63, 3.8) is 0 Å². The van der Waals surface area contributed by atoms with E-state index in [1.165, 1.54) is 38.5 Å². The summed E-state index contributed by atoms with van der Waals surface area (Å²) in [5.41, 5.74) is -0.551. The van der Waals surface area contributed by atoms with Gasteiger partial charge in [0, 0.05) is 6.04 Å². The van der Waals surface area contributed by atoms with Gasteiger partial charge in [-0.3, -0.25) is 10.1 Å². The van der Waals surface area contributed by atoms with E-state index in [9.17, 15) is 4.79 Å². The van der Waals surface area contributed by atoms with Gasteiger partial charge in [-0.25, -0.2) is 0 Å². The van der Waals surface area contributed by atoms with Crippen molar-refractivity contribution in [2.45, 2.75) is 77.8 Å². The first-order valence-electron chi connectivity index (χ1n) is 7.45. The zero-order chi connectivity index (χ0) is 13.6.